The van der Waals surface area contributed by atoms with Crippen LogP contribution in [0.5, 0.6) is 11.5 Å². The van der Waals surface area contributed by atoms with Crippen molar-refractivity contribution in [3.63, 3.8) is 0 Å². The molecule has 0 aliphatic heterocycles. The van der Waals surface area contributed by atoms with Gasteiger partial charge in [0.25, 0.3) is 0 Å². The van der Waals surface area contributed by atoms with Crippen LogP contribution in [0.1, 0.15) is 20.7 Å². The van der Waals surface area contributed by atoms with Gasteiger partial charge in [0.1, 0.15) is 11.5 Å². The number of methoxy groups -OCH3 is 4. The number of carbonyl (C=O) groups excluding carboxylic acids is 2. The Hall–Kier alpha value is -4.32. The fourth-order valence-corrected chi connectivity index (χ4v) is 4.70. The molecule has 0 atom stereocenters. The lowest BCUT2D eigenvalue weighted by atomic mass is 9.86. The fourth-order valence-electron chi connectivity index (χ4n) is 4.70. The van der Waals surface area contributed by atoms with Gasteiger partial charge in [-0.1, -0.05) is 36.4 Å². The predicted octanol–water partition coefficient (Wildman–Crippen LogP) is 5.89. The van der Waals surface area contributed by atoms with Crippen molar-refractivity contribution < 1.29 is 28.5 Å². The normalized spacial score (nSPS) is 11.2. The molecule has 0 aliphatic rings. The van der Waals surface area contributed by atoms with Gasteiger partial charge in [0.2, 0.25) is 0 Å². The Morgan fingerprint density at radius 1 is 0.529 bits per heavy atom. The third-order valence-electron chi connectivity index (χ3n) is 6.28. The summed E-state index contributed by atoms with van der Waals surface area (Å²) < 4.78 is 21.3. The molecule has 6 nitrogen and oxygen atoms in total. The molecule has 0 amide bonds. The first-order valence-electron chi connectivity index (χ1n) is 10.7. The van der Waals surface area contributed by atoms with E-state index in [2.05, 4.69) is 0 Å². The molecular formula is C28H22O6. The summed E-state index contributed by atoms with van der Waals surface area (Å²) in [6, 6.07) is 19.2. The van der Waals surface area contributed by atoms with E-state index in [0.29, 0.717) is 22.3 Å². The summed E-state index contributed by atoms with van der Waals surface area (Å²) in [5.74, 6) is 0.0302. The fraction of sp³-hybridized carbons (Fsp3) is 0.143. The second-order valence-corrected chi connectivity index (χ2v) is 7.88. The quantitative estimate of drug-likeness (QED) is 0.249. The molecule has 5 rings (SSSR count). The number of benzene rings is 5. The van der Waals surface area contributed by atoms with Crippen LogP contribution in [0.4, 0.5) is 0 Å². The Morgan fingerprint density at radius 3 is 1.26 bits per heavy atom. The van der Waals surface area contributed by atoms with Gasteiger partial charge in [-0.15, -0.1) is 0 Å². The van der Waals surface area contributed by atoms with Crippen LogP contribution in [0.25, 0.3) is 43.1 Å². The first-order chi connectivity index (χ1) is 16.5. The number of hydrogen-bond acceptors (Lipinski definition) is 6. The molecule has 5 aromatic carbocycles. The SMILES string of the molecule is COC(=O)c1c(C(=O)OC)c2c3cc(OC)ccc3ccc2c2ccc3ccc(OC)cc3c12. The minimum Gasteiger partial charge on any atom is -0.497 e. The van der Waals surface area contributed by atoms with Crippen molar-refractivity contribution in [2.24, 2.45) is 0 Å². The van der Waals surface area contributed by atoms with Gasteiger partial charge in [-0.05, 0) is 56.6 Å². The van der Waals surface area contributed by atoms with Crippen molar-refractivity contribution in [3.05, 3.63) is 71.8 Å². The first kappa shape index (κ1) is 21.5. The lowest BCUT2D eigenvalue weighted by Crippen LogP contribution is -2.14. The molecule has 6 heteroatoms. The van der Waals surface area contributed by atoms with Gasteiger partial charge in [-0.25, -0.2) is 9.59 Å². The van der Waals surface area contributed by atoms with Gasteiger partial charge in [-0.2, -0.15) is 0 Å². The van der Waals surface area contributed by atoms with E-state index in [0.717, 1.165) is 32.3 Å². The van der Waals surface area contributed by atoms with E-state index in [4.69, 9.17) is 18.9 Å². The van der Waals surface area contributed by atoms with Crippen molar-refractivity contribution in [2.45, 2.75) is 0 Å². The molecule has 0 saturated heterocycles. The van der Waals surface area contributed by atoms with Crippen LogP contribution >= 0.6 is 0 Å². The van der Waals surface area contributed by atoms with Crippen LogP contribution in [0.15, 0.2) is 60.7 Å². The summed E-state index contributed by atoms with van der Waals surface area (Å²) in [7, 11) is 5.78. The lowest BCUT2D eigenvalue weighted by Gasteiger charge is -2.18. The smallest absolute Gasteiger partial charge is 0.339 e. The van der Waals surface area contributed by atoms with E-state index in [1.54, 1.807) is 14.2 Å². The Balaban J connectivity index is 2.14. The van der Waals surface area contributed by atoms with Crippen molar-refractivity contribution in [1.29, 1.82) is 0 Å². The van der Waals surface area contributed by atoms with Gasteiger partial charge in [0.15, 0.2) is 0 Å². The maximum Gasteiger partial charge on any atom is 0.339 e. The number of carbonyl (C=O) groups is 2. The number of hydrogen-bond donors (Lipinski definition) is 0. The average Bonchev–Trinajstić information content (AvgIpc) is 2.89. The van der Waals surface area contributed by atoms with E-state index >= 15 is 0 Å². The van der Waals surface area contributed by atoms with Crippen LogP contribution < -0.4 is 9.47 Å². The van der Waals surface area contributed by atoms with Gasteiger partial charge < -0.3 is 18.9 Å². The van der Waals surface area contributed by atoms with E-state index in [1.807, 2.05) is 60.7 Å². The molecule has 0 bridgehead atoms. The van der Waals surface area contributed by atoms with Gasteiger partial charge in [-0.3, -0.25) is 0 Å². The monoisotopic (exact) mass is 454 g/mol. The molecule has 0 fully saturated rings. The second kappa shape index (κ2) is 8.23. The van der Waals surface area contributed by atoms with E-state index < -0.39 is 11.9 Å². The van der Waals surface area contributed by atoms with Crippen molar-refractivity contribution in [2.75, 3.05) is 28.4 Å². The van der Waals surface area contributed by atoms with Crippen LogP contribution in [0.3, 0.4) is 0 Å². The average molecular weight is 454 g/mol. The molecule has 0 aromatic heterocycles. The first-order valence-corrected chi connectivity index (χ1v) is 10.7. The van der Waals surface area contributed by atoms with Crippen molar-refractivity contribution >= 4 is 55.0 Å². The molecule has 0 heterocycles. The third-order valence-corrected chi connectivity index (χ3v) is 6.28. The van der Waals surface area contributed by atoms with Crippen LogP contribution in [-0.4, -0.2) is 40.4 Å². The summed E-state index contributed by atoms with van der Waals surface area (Å²) in [5, 5.41) is 6.19. The Labute approximate surface area is 195 Å². The molecule has 0 unspecified atom stereocenters. The minimum atomic E-state index is -0.623. The van der Waals surface area contributed by atoms with Crippen LogP contribution in [0, 0.1) is 0 Å². The zero-order valence-electron chi connectivity index (χ0n) is 19.2. The summed E-state index contributed by atoms with van der Waals surface area (Å²) >= 11 is 0. The predicted molar refractivity (Wildman–Crippen MR) is 132 cm³/mol. The Morgan fingerprint density at radius 2 is 0.912 bits per heavy atom. The number of fused-ring (bicyclic) bond motifs is 7. The van der Waals surface area contributed by atoms with Gasteiger partial charge in [0.05, 0.1) is 39.6 Å². The topological polar surface area (TPSA) is 71.1 Å². The second-order valence-electron chi connectivity index (χ2n) is 7.88. The Bertz CT molecular complexity index is 1510. The lowest BCUT2D eigenvalue weighted by molar-refractivity contribution is 0.0559. The zero-order chi connectivity index (χ0) is 24.0. The molecule has 170 valence electrons. The molecule has 0 radical (unpaired) electrons. The van der Waals surface area contributed by atoms with Gasteiger partial charge >= 0.3 is 11.9 Å². The highest BCUT2D eigenvalue weighted by Crippen LogP contribution is 2.42. The summed E-state index contributed by atoms with van der Waals surface area (Å²) in [5.41, 5.74) is 0.317. The minimum absolute atomic E-state index is 0.158. The van der Waals surface area contributed by atoms with Crippen molar-refractivity contribution in [1.82, 2.24) is 0 Å². The van der Waals surface area contributed by atoms with E-state index in [9.17, 15) is 9.59 Å². The molecular weight excluding hydrogens is 432 g/mol. The molecule has 34 heavy (non-hydrogen) atoms. The standard InChI is InChI=1S/C28H22O6/c1-31-17-9-5-15-7-11-19-20-12-8-16-6-10-18(32-2)14-22(16)24(20)26(28(30)34-4)25(27(29)33-3)23(19)21(15)13-17/h5-14H,1-4H3. The highest BCUT2D eigenvalue weighted by molar-refractivity contribution is 6.33. The Kier molecular flexibility index (Phi) is 5.21. The number of rotatable bonds is 4. The van der Waals surface area contributed by atoms with Crippen LogP contribution in [-0.2, 0) is 9.47 Å². The van der Waals surface area contributed by atoms with Crippen molar-refractivity contribution in [3.8, 4) is 11.5 Å². The third kappa shape index (κ3) is 3.10. The van der Waals surface area contributed by atoms with Gasteiger partial charge in [0, 0.05) is 10.8 Å². The zero-order valence-corrected chi connectivity index (χ0v) is 19.2. The summed E-state index contributed by atoms with van der Waals surface area (Å²) in [6.07, 6.45) is 0. The highest BCUT2D eigenvalue weighted by Gasteiger charge is 2.28. The summed E-state index contributed by atoms with van der Waals surface area (Å²) in [4.78, 5) is 26.6. The molecule has 0 saturated carbocycles. The largest absolute Gasteiger partial charge is 0.497 e. The van der Waals surface area contributed by atoms with Crippen LogP contribution in [0.2, 0.25) is 0 Å². The van der Waals surface area contributed by atoms with E-state index in [1.165, 1.54) is 14.2 Å². The highest BCUT2D eigenvalue weighted by atomic mass is 16.5. The number of esters is 2. The molecule has 5 aromatic rings. The van der Waals surface area contributed by atoms with E-state index in [-0.39, 0.29) is 11.1 Å². The molecule has 0 aliphatic carbocycles. The summed E-state index contributed by atoms with van der Waals surface area (Å²) in [6.45, 7) is 0. The maximum atomic E-state index is 13.3. The maximum absolute atomic E-state index is 13.3. The number of ether oxygens (including phenoxy) is 4. The molecule has 0 N–H and O–H groups in total. The molecule has 0 spiro atoms.